The van der Waals surface area contributed by atoms with Crippen molar-refractivity contribution in [3.05, 3.63) is 58.0 Å². The molecule has 1 aromatic carbocycles. The molecule has 3 heteroatoms. The minimum absolute atomic E-state index is 0.0892. The number of hydrogen-bond donors (Lipinski definition) is 1. The Hall–Kier alpha value is -1.19. The van der Waals surface area contributed by atoms with E-state index >= 15 is 0 Å². The summed E-state index contributed by atoms with van der Waals surface area (Å²) in [7, 11) is 0. The van der Waals surface area contributed by atoms with Crippen LogP contribution in [0.2, 0.25) is 0 Å². The fourth-order valence-corrected chi connectivity index (χ4v) is 3.22. The van der Waals surface area contributed by atoms with Gasteiger partial charge in [-0.2, -0.15) is 0 Å². The van der Waals surface area contributed by atoms with E-state index in [1.54, 1.807) is 12.1 Å². The molecule has 1 unspecified atom stereocenters. The van der Waals surface area contributed by atoms with Gasteiger partial charge in [0, 0.05) is 10.9 Å². The van der Waals surface area contributed by atoms with Crippen molar-refractivity contribution in [2.24, 2.45) is 0 Å². The molecule has 2 rings (SSSR count). The van der Waals surface area contributed by atoms with Crippen molar-refractivity contribution in [2.45, 2.75) is 38.6 Å². The molecule has 1 heterocycles. The van der Waals surface area contributed by atoms with Gasteiger partial charge in [0.25, 0.3) is 0 Å². The normalized spacial score (nSPS) is 12.5. The molecule has 1 N–H and O–H groups in total. The summed E-state index contributed by atoms with van der Waals surface area (Å²) < 4.78 is 13.7. The molecule has 0 aliphatic rings. The van der Waals surface area contributed by atoms with E-state index in [9.17, 15) is 4.39 Å². The van der Waals surface area contributed by atoms with Gasteiger partial charge in [-0.25, -0.2) is 4.39 Å². The molecule has 0 aliphatic carbocycles. The highest BCUT2D eigenvalue weighted by Gasteiger charge is 2.11. The molecule has 0 bridgehead atoms. The molecule has 0 spiro atoms. The molecule has 1 nitrogen and oxygen atoms in total. The van der Waals surface area contributed by atoms with Crippen molar-refractivity contribution < 1.29 is 4.39 Å². The molecule has 1 aromatic heterocycles. The molecular weight excluding hydrogens is 269 g/mol. The van der Waals surface area contributed by atoms with Crippen LogP contribution < -0.4 is 5.32 Å². The van der Waals surface area contributed by atoms with Crippen molar-refractivity contribution in [1.82, 2.24) is 5.32 Å². The summed E-state index contributed by atoms with van der Waals surface area (Å²) in [5.41, 5.74) is 0.814. The predicted molar refractivity (Wildman–Crippen MR) is 84.8 cm³/mol. The van der Waals surface area contributed by atoms with Gasteiger partial charge >= 0.3 is 0 Å². The fourth-order valence-electron chi connectivity index (χ4n) is 2.47. The Bertz CT molecular complexity index is 495. The molecule has 0 fully saturated rings. The maximum atomic E-state index is 13.7. The number of aryl methyl sites for hydroxylation is 1. The number of halogens is 1. The second kappa shape index (κ2) is 8.18. The van der Waals surface area contributed by atoms with Crippen LogP contribution in [0.4, 0.5) is 4.39 Å². The van der Waals surface area contributed by atoms with Crippen LogP contribution in [0.5, 0.6) is 0 Å². The summed E-state index contributed by atoms with van der Waals surface area (Å²) in [5.74, 6) is -0.0892. The van der Waals surface area contributed by atoms with Crippen molar-refractivity contribution in [3.63, 3.8) is 0 Å². The molecular formula is C17H22FNS. The van der Waals surface area contributed by atoms with Gasteiger partial charge in [0.05, 0.1) is 0 Å². The second-order valence-electron chi connectivity index (χ2n) is 5.02. The summed E-state index contributed by atoms with van der Waals surface area (Å²) in [6.07, 6.45) is 4.12. The third kappa shape index (κ3) is 4.73. The van der Waals surface area contributed by atoms with E-state index in [-0.39, 0.29) is 5.82 Å². The average Bonchev–Trinajstić information content (AvgIpc) is 2.95. The quantitative estimate of drug-likeness (QED) is 0.758. The third-order valence-electron chi connectivity index (χ3n) is 3.47. The van der Waals surface area contributed by atoms with Gasteiger partial charge in [-0.15, -0.1) is 11.3 Å². The highest BCUT2D eigenvalue weighted by atomic mass is 32.1. The number of rotatable bonds is 8. The van der Waals surface area contributed by atoms with Crippen LogP contribution in [-0.4, -0.2) is 12.6 Å². The third-order valence-corrected chi connectivity index (χ3v) is 4.41. The first-order chi connectivity index (χ1) is 9.79. The summed E-state index contributed by atoms with van der Waals surface area (Å²) in [4.78, 5) is 1.44. The van der Waals surface area contributed by atoms with E-state index in [0.29, 0.717) is 6.04 Å². The highest BCUT2D eigenvalue weighted by Crippen LogP contribution is 2.15. The van der Waals surface area contributed by atoms with Crippen LogP contribution in [-0.2, 0) is 12.8 Å². The summed E-state index contributed by atoms with van der Waals surface area (Å²) in [5, 5.41) is 5.60. The molecule has 0 radical (unpaired) electrons. The number of likely N-dealkylation sites (N-methyl/N-ethyl adjacent to an activating group) is 1. The van der Waals surface area contributed by atoms with Gasteiger partial charge in [-0.1, -0.05) is 31.2 Å². The van der Waals surface area contributed by atoms with Crippen LogP contribution in [0.1, 0.15) is 30.2 Å². The van der Waals surface area contributed by atoms with Gasteiger partial charge in [0.15, 0.2) is 0 Å². The SMILES string of the molecule is CCNC(CCCc1cccs1)Cc1ccccc1F. The number of thiophene rings is 1. The summed E-state index contributed by atoms with van der Waals surface area (Å²) >= 11 is 1.81. The number of hydrogen-bond acceptors (Lipinski definition) is 2. The van der Waals surface area contributed by atoms with Gasteiger partial charge in [0.1, 0.15) is 5.82 Å². The molecule has 0 aliphatic heterocycles. The van der Waals surface area contributed by atoms with Crippen molar-refractivity contribution in [1.29, 1.82) is 0 Å². The first-order valence-corrected chi connectivity index (χ1v) is 8.16. The molecule has 1 atom stereocenters. The van der Waals surface area contributed by atoms with Gasteiger partial charge in [0.2, 0.25) is 0 Å². The summed E-state index contributed by atoms with van der Waals surface area (Å²) in [6.45, 7) is 3.03. The van der Waals surface area contributed by atoms with E-state index in [1.807, 2.05) is 23.5 Å². The lowest BCUT2D eigenvalue weighted by Gasteiger charge is -2.18. The summed E-state index contributed by atoms with van der Waals surface area (Å²) in [6, 6.07) is 11.7. The molecule has 0 amide bonds. The Morgan fingerprint density at radius 2 is 2.05 bits per heavy atom. The van der Waals surface area contributed by atoms with Crippen LogP contribution in [0.3, 0.4) is 0 Å². The zero-order chi connectivity index (χ0) is 14.2. The van der Waals surface area contributed by atoms with Gasteiger partial charge in [-0.3, -0.25) is 0 Å². The molecule has 2 aromatic rings. The van der Waals surface area contributed by atoms with Crippen LogP contribution in [0, 0.1) is 5.82 Å². The lowest BCUT2D eigenvalue weighted by Crippen LogP contribution is -2.31. The zero-order valence-electron chi connectivity index (χ0n) is 11.9. The topological polar surface area (TPSA) is 12.0 Å². The lowest BCUT2D eigenvalue weighted by atomic mass is 10.00. The molecule has 20 heavy (non-hydrogen) atoms. The van der Waals surface area contributed by atoms with Crippen LogP contribution in [0.25, 0.3) is 0 Å². The minimum Gasteiger partial charge on any atom is -0.314 e. The van der Waals surface area contributed by atoms with E-state index < -0.39 is 0 Å². The second-order valence-corrected chi connectivity index (χ2v) is 6.05. The number of benzene rings is 1. The monoisotopic (exact) mass is 291 g/mol. The van der Waals surface area contributed by atoms with E-state index in [2.05, 4.69) is 29.8 Å². The number of nitrogens with one attached hydrogen (secondary N) is 1. The van der Waals surface area contributed by atoms with Crippen LogP contribution >= 0.6 is 11.3 Å². The highest BCUT2D eigenvalue weighted by molar-refractivity contribution is 7.09. The first-order valence-electron chi connectivity index (χ1n) is 7.28. The standard InChI is InChI=1S/C17H22FNS/c1-2-19-15(8-5-9-16-10-6-12-20-16)13-14-7-3-4-11-17(14)18/h3-4,6-7,10-12,15,19H,2,5,8-9,13H2,1H3. The predicted octanol–water partition coefficient (Wildman–Crippen LogP) is 4.43. The van der Waals surface area contributed by atoms with E-state index in [0.717, 1.165) is 37.8 Å². The Morgan fingerprint density at radius 1 is 1.20 bits per heavy atom. The largest absolute Gasteiger partial charge is 0.314 e. The Labute approximate surface area is 124 Å². The van der Waals surface area contributed by atoms with E-state index in [4.69, 9.17) is 0 Å². The van der Waals surface area contributed by atoms with Crippen molar-refractivity contribution in [2.75, 3.05) is 6.54 Å². The van der Waals surface area contributed by atoms with Crippen LogP contribution in [0.15, 0.2) is 41.8 Å². The lowest BCUT2D eigenvalue weighted by molar-refractivity contribution is 0.467. The van der Waals surface area contributed by atoms with Gasteiger partial charge < -0.3 is 5.32 Å². The Morgan fingerprint density at radius 3 is 2.75 bits per heavy atom. The molecule has 0 saturated carbocycles. The van der Waals surface area contributed by atoms with Crippen molar-refractivity contribution in [3.8, 4) is 0 Å². The fraction of sp³-hybridized carbons (Fsp3) is 0.412. The average molecular weight is 291 g/mol. The van der Waals surface area contributed by atoms with Crippen molar-refractivity contribution >= 4 is 11.3 Å². The molecule has 0 saturated heterocycles. The smallest absolute Gasteiger partial charge is 0.126 e. The molecule has 108 valence electrons. The first kappa shape index (κ1) is 15.2. The maximum absolute atomic E-state index is 13.7. The zero-order valence-corrected chi connectivity index (χ0v) is 12.8. The maximum Gasteiger partial charge on any atom is 0.126 e. The van der Waals surface area contributed by atoms with E-state index in [1.165, 1.54) is 4.88 Å². The Kier molecular flexibility index (Phi) is 6.22. The van der Waals surface area contributed by atoms with Gasteiger partial charge in [-0.05, 0) is 55.3 Å². The Balaban J connectivity index is 1.85. The minimum atomic E-state index is -0.0892.